The van der Waals surface area contributed by atoms with Crippen molar-refractivity contribution < 1.29 is 5.11 Å². The molecule has 6 heterocycles. The van der Waals surface area contributed by atoms with Crippen molar-refractivity contribution in [1.82, 2.24) is 39.9 Å². The lowest BCUT2D eigenvalue weighted by Crippen LogP contribution is -1.91. The third-order valence-electron chi connectivity index (χ3n) is 5.19. The van der Waals surface area contributed by atoms with E-state index in [0.29, 0.717) is 34.1 Å². The maximum Gasteiger partial charge on any atom is 0.178 e. The number of hydrogen-bond acceptors (Lipinski definition) is 7. The number of fused-ring (bicyclic) bond motifs is 2. The third kappa shape index (κ3) is 3.00. The molecule has 0 aliphatic heterocycles. The van der Waals surface area contributed by atoms with E-state index in [9.17, 15) is 5.11 Å². The fraction of sp³-hybridized carbons (Fsp3) is 0.0952. The fourth-order valence-electron chi connectivity index (χ4n) is 3.77. The summed E-state index contributed by atoms with van der Waals surface area (Å²) in [6, 6.07) is 9.56. The molecule has 0 fully saturated rings. The number of hydrogen-bond donors (Lipinski definition) is 3. The van der Waals surface area contributed by atoms with Crippen LogP contribution < -0.4 is 0 Å². The van der Waals surface area contributed by atoms with Crippen LogP contribution in [0.4, 0.5) is 0 Å². The zero-order chi connectivity index (χ0) is 21.8. The Labute approximate surface area is 189 Å². The van der Waals surface area contributed by atoms with Crippen LogP contribution in [0.3, 0.4) is 0 Å². The van der Waals surface area contributed by atoms with E-state index in [-0.39, 0.29) is 6.61 Å². The molecule has 0 radical (unpaired) electrons. The summed E-state index contributed by atoms with van der Waals surface area (Å²) in [4.78, 5) is 18.3. The molecule has 0 saturated heterocycles. The number of aromatic amines is 2. The first-order valence-electron chi connectivity index (χ1n) is 9.70. The molecule has 32 heavy (non-hydrogen) atoms. The Balaban J connectivity index is 1.51. The normalized spacial score (nSPS) is 11.7. The van der Waals surface area contributed by atoms with Gasteiger partial charge in [0.25, 0.3) is 0 Å². The van der Waals surface area contributed by atoms with Crippen molar-refractivity contribution >= 4 is 45.1 Å². The van der Waals surface area contributed by atoms with Gasteiger partial charge in [0.2, 0.25) is 0 Å². The van der Waals surface area contributed by atoms with E-state index >= 15 is 0 Å². The van der Waals surface area contributed by atoms with Crippen molar-refractivity contribution in [3.05, 3.63) is 52.8 Å². The zero-order valence-corrected chi connectivity index (χ0v) is 18.2. The number of H-pyrrole nitrogens is 2. The smallest absolute Gasteiger partial charge is 0.178 e. The summed E-state index contributed by atoms with van der Waals surface area (Å²) in [7, 11) is 1.81. The van der Waals surface area contributed by atoms with Crippen LogP contribution in [-0.2, 0) is 13.7 Å². The van der Waals surface area contributed by atoms with E-state index in [1.165, 1.54) is 11.3 Å². The number of pyridine rings is 2. The summed E-state index contributed by atoms with van der Waals surface area (Å²) in [6.07, 6.45) is 3.57. The van der Waals surface area contributed by atoms with Crippen molar-refractivity contribution in [3.8, 4) is 33.2 Å². The number of aromatic nitrogens is 8. The molecule has 9 nitrogen and oxygen atoms in total. The minimum Gasteiger partial charge on any atom is -0.390 e. The van der Waals surface area contributed by atoms with Gasteiger partial charge in [0, 0.05) is 35.4 Å². The first-order chi connectivity index (χ1) is 15.6. The van der Waals surface area contributed by atoms with Crippen LogP contribution in [0.5, 0.6) is 0 Å². The van der Waals surface area contributed by atoms with E-state index < -0.39 is 0 Å². The average molecular weight is 463 g/mol. The van der Waals surface area contributed by atoms with Crippen LogP contribution in [0.1, 0.15) is 5.69 Å². The maximum absolute atomic E-state index is 9.65. The Kier molecular flexibility index (Phi) is 4.32. The zero-order valence-electron chi connectivity index (χ0n) is 16.7. The SMILES string of the molecule is Cn1cc(-c2ccc3[nH]nc(-c4nc5nccc(-c6ccc(Cl)s6)c5[nH]4)c3n2)c(CO)n1. The standard InChI is InChI=1S/C21H15ClN8OS/c1-30-8-11(14(9-31)29-30)12-2-3-13-18(24-12)19(28-27-13)21-25-17-10(6-7-23-20(17)26-21)15-4-5-16(22)32-15/h2-8,31H,9H2,1H3,(H,27,28)(H,23,25,26). The lowest BCUT2D eigenvalue weighted by molar-refractivity contribution is 0.276. The molecule has 0 spiro atoms. The molecule has 0 bridgehead atoms. The van der Waals surface area contributed by atoms with Gasteiger partial charge in [-0.05, 0) is 30.3 Å². The number of halogens is 1. The minimum absolute atomic E-state index is 0.168. The number of thiophene rings is 1. The first-order valence-corrected chi connectivity index (χ1v) is 10.9. The predicted molar refractivity (Wildman–Crippen MR) is 123 cm³/mol. The van der Waals surface area contributed by atoms with Crippen LogP contribution >= 0.6 is 22.9 Å². The Hall–Kier alpha value is -3.60. The predicted octanol–water partition coefficient (Wildman–Crippen LogP) is 4.17. The highest BCUT2D eigenvalue weighted by atomic mass is 35.5. The number of aliphatic hydroxyl groups is 1. The maximum atomic E-state index is 9.65. The van der Waals surface area contributed by atoms with Gasteiger partial charge >= 0.3 is 0 Å². The summed E-state index contributed by atoms with van der Waals surface area (Å²) >= 11 is 7.63. The van der Waals surface area contributed by atoms with E-state index in [0.717, 1.165) is 31.4 Å². The van der Waals surface area contributed by atoms with Crippen LogP contribution in [0, 0.1) is 0 Å². The molecular weight excluding hydrogens is 448 g/mol. The lowest BCUT2D eigenvalue weighted by Gasteiger charge is -2.00. The highest BCUT2D eigenvalue weighted by Gasteiger charge is 2.19. The molecule has 158 valence electrons. The number of aryl methyl sites for hydroxylation is 1. The topological polar surface area (TPSA) is 121 Å². The molecule has 0 aliphatic carbocycles. The molecule has 6 aromatic heterocycles. The molecule has 6 aromatic rings. The molecule has 0 aromatic carbocycles. The second kappa shape index (κ2) is 7.23. The largest absolute Gasteiger partial charge is 0.390 e. The van der Waals surface area contributed by atoms with Gasteiger partial charge in [-0.25, -0.2) is 15.0 Å². The summed E-state index contributed by atoms with van der Waals surface area (Å²) in [6.45, 7) is -0.168. The lowest BCUT2D eigenvalue weighted by atomic mass is 10.1. The molecule has 6 rings (SSSR count). The summed E-state index contributed by atoms with van der Waals surface area (Å²) in [5.74, 6) is 0.562. The van der Waals surface area contributed by atoms with E-state index in [4.69, 9.17) is 16.6 Å². The van der Waals surface area contributed by atoms with Crippen LogP contribution in [0.2, 0.25) is 4.34 Å². The Morgan fingerprint density at radius 3 is 2.84 bits per heavy atom. The van der Waals surface area contributed by atoms with Gasteiger partial charge in [-0.3, -0.25) is 9.78 Å². The molecule has 0 amide bonds. The molecule has 0 saturated carbocycles. The molecule has 11 heteroatoms. The molecule has 0 aliphatic rings. The molecule has 0 unspecified atom stereocenters. The second-order valence-electron chi connectivity index (χ2n) is 7.23. The Morgan fingerprint density at radius 2 is 2.03 bits per heavy atom. The van der Waals surface area contributed by atoms with Gasteiger partial charge in [-0.15, -0.1) is 11.3 Å². The number of nitrogens with one attached hydrogen (secondary N) is 2. The summed E-state index contributed by atoms with van der Waals surface area (Å²) in [5, 5.41) is 21.4. The highest BCUT2D eigenvalue weighted by Crippen LogP contribution is 2.35. The van der Waals surface area contributed by atoms with Crippen molar-refractivity contribution in [3.63, 3.8) is 0 Å². The molecular formula is C21H15ClN8OS. The quantitative estimate of drug-likeness (QED) is 0.361. The van der Waals surface area contributed by atoms with Crippen molar-refractivity contribution in [2.75, 3.05) is 0 Å². The highest BCUT2D eigenvalue weighted by molar-refractivity contribution is 7.19. The average Bonchev–Trinajstić information content (AvgIpc) is 3.57. The number of imidazole rings is 1. The second-order valence-corrected chi connectivity index (χ2v) is 8.95. The van der Waals surface area contributed by atoms with Gasteiger partial charge < -0.3 is 10.1 Å². The van der Waals surface area contributed by atoms with Crippen molar-refractivity contribution in [2.45, 2.75) is 6.61 Å². The van der Waals surface area contributed by atoms with Gasteiger partial charge in [-0.1, -0.05) is 11.6 Å². The van der Waals surface area contributed by atoms with Crippen LogP contribution in [0.15, 0.2) is 42.7 Å². The fourth-order valence-corrected chi connectivity index (χ4v) is 4.84. The van der Waals surface area contributed by atoms with Crippen molar-refractivity contribution in [2.24, 2.45) is 7.05 Å². The number of rotatable bonds is 4. The number of aliphatic hydroxyl groups excluding tert-OH is 1. The van der Waals surface area contributed by atoms with E-state index in [1.54, 1.807) is 10.9 Å². The Morgan fingerprint density at radius 1 is 1.12 bits per heavy atom. The van der Waals surface area contributed by atoms with Gasteiger partial charge in [0.05, 0.1) is 33.4 Å². The number of nitrogens with zero attached hydrogens (tertiary/aromatic N) is 6. The monoisotopic (exact) mass is 462 g/mol. The Bertz CT molecular complexity index is 1610. The van der Waals surface area contributed by atoms with Gasteiger partial charge in [0.1, 0.15) is 5.52 Å². The third-order valence-corrected chi connectivity index (χ3v) is 6.46. The summed E-state index contributed by atoms with van der Waals surface area (Å²) < 4.78 is 2.38. The van der Waals surface area contributed by atoms with Crippen LogP contribution in [-0.4, -0.2) is 45.0 Å². The van der Waals surface area contributed by atoms with E-state index in [2.05, 4.69) is 30.2 Å². The van der Waals surface area contributed by atoms with Gasteiger partial charge in [-0.2, -0.15) is 10.2 Å². The van der Waals surface area contributed by atoms with Gasteiger partial charge in [0.15, 0.2) is 17.2 Å². The minimum atomic E-state index is -0.168. The van der Waals surface area contributed by atoms with Crippen LogP contribution in [0.25, 0.3) is 55.4 Å². The molecule has 3 N–H and O–H groups in total. The first kappa shape index (κ1) is 19.1. The molecule has 0 atom stereocenters. The van der Waals surface area contributed by atoms with E-state index in [1.807, 2.05) is 43.6 Å². The summed E-state index contributed by atoms with van der Waals surface area (Å²) in [5.41, 5.74) is 6.43. The van der Waals surface area contributed by atoms with Crippen molar-refractivity contribution in [1.29, 1.82) is 0 Å².